The Morgan fingerprint density at radius 3 is 2.53 bits per heavy atom. The van der Waals surface area contributed by atoms with Crippen LogP contribution in [-0.2, 0) is 6.42 Å². The van der Waals surface area contributed by atoms with Gasteiger partial charge in [-0.05, 0) is 38.2 Å². The molecule has 1 aromatic carbocycles. The molecule has 0 saturated heterocycles. The molecule has 1 atom stereocenters. The Kier molecular flexibility index (Phi) is 5.13. The molecule has 0 bridgehead atoms. The second kappa shape index (κ2) is 6.41. The number of hydrogen-bond acceptors (Lipinski definition) is 1. The van der Waals surface area contributed by atoms with E-state index in [0.717, 1.165) is 25.7 Å². The SMILES string of the molecule is C=C(C)CCC(N)CCc1ccccc1. The summed E-state index contributed by atoms with van der Waals surface area (Å²) >= 11 is 0. The van der Waals surface area contributed by atoms with Gasteiger partial charge in [0.05, 0.1) is 0 Å². The minimum atomic E-state index is 0.307. The van der Waals surface area contributed by atoms with Gasteiger partial charge in [-0.2, -0.15) is 0 Å². The second-order valence-corrected chi connectivity index (χ2v) is 4.28. The van der Waals surface area contributed by atoms with Crippen LogP contribution in [0.1, 0.15) is 31.7 Å². The molecule has 1 nitrogen and oxygen atoms in total. The van der Waals surface area contributed by atoms with Crippen LogP contribution in [0.15, 0.2) is 42.5 Å². The zero-order valence-corrected chi connectivity index (χ0v) is 9.58. The lowest BCUT2D eigenvalue weighted by Crippen LogP contribution is -2.20. The molecule has 0 aromatic heterocycles. The Hall–Kier alpha value is -1.08. The van der Waals surface area contributed by atoms with E-state index in [4.69, 9.17) is 5.73 Å². The molecule has 0 aliphatic carbocycles. The Bertz CT molecular complexity index is 289. The van der Waals surface area contributed by atoms with Gasteiger partial charge in [0.25, 0.3) is 0 Å². The molecule has 0 spiro atoms. The molecule has 1 rings (SSSR count). The normalized spacial score (nSPS) is 12.4. The third kappa shape index (κ3) is 5.38. The Morgan fingerprint density at radius 2 is 1.93 bits per heavy atom. The van der Waals surface area contributed by atoms with Crippen molar-refractivity contribution in [2.75, 3.05) is 0 Å². The second-order valence-electron chi connectivity index (χ2n) is 4.28. The number of benzene rings is 1. The van der Waals surface area contributed by atoms with Crippen LogP contribution in [0.2, 0.25) is 0 Å². The van der Waals surface area contributed by atoms with E-state index in [-0.39, 0.29) is 0 Å². The monoisotopic (exact) mass is 203 g/mol. The lowest BCUT2D eigenvalue weighted by atomic mass is 10.0. The number of allylic oxidation sites excluding steroid dienone is 1. The molecule has 2 N–H and O–H groups in total. The van der Waals surface area contributed by atoms with Crippen LogP contribution in [0.3, 0.4) is 0 Å². The highest BCUT2D eigenvalue weighted by Gasteiger charge is 2.02. The predicted molar refractivity (Wildman–Crippen MR) is 66.8 cm³/mol. The fourth-order valence-corrected chi connectivity index (χ4v) is 1.57. The number of rotatable bonds is 6. The van der Waals surface area contributed by atoms with Crippen molar-refractivity contribution < 1.29 is 0 Å². The van der Waals surface area contributed by atoms with E-state index in [1.54, 1.807) is 0 Å². The summed E-state index contributed by atoms with van der Waals surface area (Å²) in [6.07, 6.45) is 4.26. The minimum absolute atomic E-state index is 0.307. The summed E-state index contributed by atoms with van der Waals surface area (Å²) in [6, 6.07) is 10.8. The maximum Gasteiger partial charge on any atom is 0.00450 e. The van der Waals surface area contributed by atoms with E-state index in [0.29, 0.717) is 6.04 Å². The maximum atomic E-state index is 6.03. The van der Waals surface area contributed by atoms with E-state index in [1.165, 1.54) is 11.1 Å². The summed E-state index contributed by atoms with van der Waals surface area (Å²) in [7, 11) is 0. The molecular formula is C14H21N. The zero-order valence-electron chi connectivity index (χ0n) is 9.58. The van der Waals surface area contributed by atoms with Crippen LogP contribution in [0, 0.1) is 0 Å². The van der Waals surface area contributed by atoms with Crippen LogP contribution in [-0.4, -0.2) is 6.04 Å². The smallest absolute Gasteiger partial charge is 0.00450 e. The lowest BCUT2D eigenvalue weighted by Gasteiger charge is -2.11. The minimum Gasteiger partial charge on any atom is -0.328 e. The molecule has 82 valence electrons. The summed E-state index contributed by atoms with van der Waals surface area (Å²) in [4.78, 5) is 0. The summed E-state index contributed by atoms with van der Waals surface area (Å²) in [5.41, 5.74) is 8.63. The van der Waals surface area contributed by atoms with Gasteiger partial charge in [-0.3, -0.25) is 0 Å². The van der Waals surface area contributed by atoms with Crippen LogP contribution in [0.5, 0.6) is 0 Å². The molecule has 1 heteroatoms. The van der Waals surface area contributed by atoms with Gasteiger partial charge in [0, 0.05) is 6.04 Å². The van der Waals surface area contributed by atoms with Crippen LogP contribution in [0.25, 0.3) is 0 Å². The number of aryl methyl sites for hydroxylation is 1. The highest BCUT2D eigenvalue weighted by molar-refractivity contribution is 5.14. The predicted octanol–water partition coefficient (Wildman–Crippen LogP) is 3.30. The van der Waals surface area contributed by atoms with Crippen molar-refractivity contribution in [3.8, 4) is 0 Å². The van der Waals surface area contributed by atoms with Crippen molar-refractivity contribution >= 4 is 0 Å². The molecule has 0 heterocycles. The van der Waals surface area contributed by atoms with E-state index in [1.807, 2.05) is 6.07 Å². The summed E-state index contributed by atoms with van der Waals surface area (Å²) in [6.45, 7) is 5.95. The number of hydrogen-bond donors (Lipinski definition) is 1. The first kappa shape index (κ1) is 12.0. The fourth-order valence-electron chi connectivity index (χ4n) is 1.57. The number of nitrogens with two attached hydrogens (primary N) is 1. The van der Waals surface area contributed by atoms with Gasteiger partial charge in [-0.25, -0.2) is 0 Å². The molecule has 0 aliphatic heterocycles. The van der Waals surface area contributed by atoms with E-state index < -0.39 is 0 Å². The van der Waals surface area contributed by atoms with Crippen molar-refractivity contribution in [1.82, 2.24) is 0 Å². The zero-order chi connectivity index (χ0) is 11.1. The molecule has 0 saturated carbocycles. The maximum absolute atomic E-state index is 6.03. The Balaban J connectivity index is 2.22. The van der Waals surface area contributed by atoms with Gasteiger partial charge in [0.1, 0.15) is 0 Å². The van der Waals surface area contributed by atoms with Crippen LogP contribution in [0.4, 0.5) is 0 Å². The Morgan fingerprint density at radius 1 is 1.27 bits per heavy atom. The van der Waals surface area contributed by atoms with Crippen molar-refractivity contribution in [1.29, 1.82) is 0 Å². The molecular weight excluding hydrogens is 182 g/mol. The quantitative estimate of drug-likeness (QED) is 0.705. The average molecular weight is 203 g/mol. The van der Waals surface area contributed by atoms with Crippen molar-refractivity contribution in [2.45, 2.75) is 38.6 Å². The van der Waals surface area contributed by atoms with E-state index in [9.17, 15) is 0 Å². The van der Waals surface area contributed by atoms with Crippen molar-refractivity contribution in [2.24, 2.45) is 5.73 Å². The van der Waals surface area contributed by atoms with Gasteiger partial charge in [-0.1, -0.05) is 35.9 Å². The molecule has 0 aliphatic rings. The summed E-state index contributed by atoms with van der Waals surface area (Å²) < 4.78 is 0. The van der Waals surface area contributed by atoms with E-state index in [2.05, 4.69) is 37.8 Å². The van der Waals surface area contributed by atoms with E-state index >= 15 is 0 Å². The molecule has 1 aromatic rings. The highest BCUT2D eigenvalue weighted by atomic mass is 14.6. The molecule has 15 heavy (non-hydrogen) atoms. The molecule has 0 radical (unpaired) electrons. The summed E-state index contributed by atoms with van der Waals surface area (Å²) in [5.74, 6) is 0. The van der Waals surface area contributed by atoms with Crippen LogP contribution < -0.4 is 5.73 Å². The molecule has 1 unspecified atom stereocenters. The third-order valence-corrected chi connectivity index (χ3v) is 2.59. The average Bonchev–Trinajstić information content (AvgIpc) is 2.25. The molecule has 0 amide bonds. The van der Waals surface area contributed by atoms with Gasteiger partial charge in [0.2, 0.25) is 0 Å². The third-order valence-electron chi connectivity index (χ3n) is 2.59. The van der Waals surface area contributed by atoms with Crippen LogP contribution >= 0.6 is 0 Å². The van der Waals surface area contributed by atoms with Crippen molar-refractivity contribution in [3.05, 3.63) is 48.0 Å². The van der Waals surface area contributed by atoms with Crippen molar-refractivity contribution in [3.63, 3.8) is 0 Å². The standard InChI is InChI=1S/C14H21N/c1-12(2)8-10-14(15)11-9-13-6-4-3-5-7-13/h3-7,14H,1,8-11,15H2,2H3. The molecule has 0 fully saturated rings. The lowest BCUT2D eigenvalue weighted by molar-refractivity contribution is 0.567. The first-order chi connectivity index (χ1) is 7.18. The largest absolute Gasteiger partial charge is 0.328 e. The first-order valence-electron chi connectivity index (χ1n) is 5.62. The van der Waals surface area contributed by atoms with Gasteiger partial charge in [0.15, 0.2) is 0 Å². The van der Waals surface area contributed by atoms with Gasteiger partial charge in [-0.15, -0.1) is 6.58 Å². The Labute approximate surface area is 93.0 Å². The van der Waals surface area contributed by atoms with Gasteiger partial charge < -0.3 is 5.73 Å². The topological polar surface area (TPSA) is 26.0 Å². The van der Waals surface area contributed by atoms with Gasteiger partial charge >= 0.3 is 0 Å². The first-order valence-corrected chi connectivity index (χ1v) is 5.62. The highest BCUT2D eigenvalue weighted by Crippen LogP contribution is 2.09. The fraction of sp³-hybridized carbons (Fsp3) is 0.429. The summed E-state index contributed by atoms with van der Waals surface area (Å²) in [5, 5.41) is 0.